The van der Waals surface area contributed by atoms with Crippen molar-refractivity contribution in [3.05, 3.63) is 49.2 Å². The molecule has 3 N–H and O–H groups in total. The highest BCUT2D eigenvalue weighted by Crippen LogP contribution is 2.29. The molecule has 0 bridgehead atoms. The van der Waals surface area contributed by atoms with Gasteiger partial charge in [-0.1, -0.05) is 6.08 Å². The van der Waals surface area contributed by atoms with Crippen LogP contribution in [0.15, 0.2) is 49.2 Å². The van der Waals surface area contributed by atoms with Crippen molar-refractivity contribution in [2.24, 2.45) is 0 Å². The number of nitrogens with zero attached hydrogens (tertiary/aromatic N) is 2. The van der Waals surface area contributed by atoms with E-state index >= 15 is 0 Å². The second-order valence-electron chi connectivity index (χ2n) is 7.09. The first kappa shape index (κ1) is 20.1. The number of fused-ring (bicyclic) bond motifs is 1. The Labute approximate surface area is 174 Å². The zero-order chi connectivity index (χ0) is 20.9. The van der Waals surface area contributed by atoms with Gasteiger partial charge in [-0.3, -0.25) is 0 Å². The van der Waals surface area contributed by atoms with Crippen molar-refractivity contribution >= 4 is 12.0 Å². The second-order valence-corrected chi connectivity index (χ2v) is 7.09. The van der Waals surface area contributed by atoms with Crippen LogP contribution in [-0.4, -0.2) is 67.2 Å². The number of carbonyl (C=O) groups excluding carboxylic acids is 1. The minimum atomic E-state index is -0.264. The first-order valence-electron chi connectivity index (χ1n) is 9.80. The van der Waals surface area contributed by atoms with Crippen LogP contribution in [0, 0.1) is 0 Å². The number of benzene rings is 1. The molecule has 1 aromatic heterocycles. The lowest BCUT2D eigenvalue weighted by molar-refractivity contribution is 0.0682. The fourth-order valence-corrected chi connectivity index (χ4v) is 3.65. The van der Waals surface area contributed by atoms with Gasteiger partial charge in [0.25, 0.3) is 0 Å². The molecule has 2 amide bonds. The van der Waals surface area contributed by atoms with Crippen molar-refractivity contribution in [3.8, 4) is 17.0 Å². The molecule has 2 aliphatic heterocycles. The quantitative estimate of drug-likeness (QED) is 0.594. The van der Waals surface area contributed by atoms with Crippen LogP contribution in [0.4, 0.5) is 10.7 Å². The largest absolute Gasteiger partial charge is 0.497 e. The van der Waals surface area contributed by atoms with Gasteiger partial charge < -0.3 is 30.2 Å². The zero-order valence-corrected chi connectivity index (χ0v) is 16.7. The molecule has 0 spiro atoms. The van der Waals surface area contributed by atoms with E-state index in [4.69, 9.17) is 14.2 Å². The molecule has 0 aliphatic carbocycles. The van der Waals surface area contributed by atoms with Crippen molar-refractivity contribution < 1.29 is 19.0 Å². The summed E-state index contributed by atoms with van der Waals surface area (Å²) in [5.74, 6) is 1.29. The number of methoxy groups -OCH3 is 1. The molecular formula is C21H25N5O4. The number of nitrogens with one attached hydrogen (secondary N) is 3. The Hall–Kier alpha value is -3.17. The summed E-state index contributed by atoms with van der Waals surface area (Å²) in [5.41, 5.74) is 1.77. The predicted molar refractivity (Wildman–Crippen MR) is 111 cm³/mol. The summed E-state index contributed by atoms with van der Waals surface area (Å²) >= 11 is 0. The maximum Gasteiger partial charge on any atom is 0.315 e. The van der Waals surface area contributed by atoms with E-state index in [0.29, 0.717) is 25.7 Å². The van der Waals surface area contributed by atoms with E-state index in [1.54, 1.807) is 19.4 Å². The van der Waals surface area contributed by atoms with Gasteiger partial charge in [-0.15, -0.1) is 6.58 Å². The molecule has 3 heterocycles. The van der Waals surface area contributed by atoms with Gasteiger partial charge >= 0.3 is 6.03 Å². The fraction of sp³-hybridized carbons (Fsp3) is 0.381. The van der Waals surface area contributed by atoms with Gasteiger partial charge in [-0.05, 0) is 30.3 Å². The molecule has 158 valence electrons. The number of hydrogen-bond acceptors (Lipinski definition) is 7. The van der Waals surface area contributed by atoms with Gasteiger partial charge in [0.05, 0.1) is 38.1 Å². The smallest absolute Gasteiger partial charge is 0.315 e. The summed E-state index contributed by atoms with van der Waals surface area (Å²) in [6, 6.07) is 8.97. The van der Waals surface area contributed by atoms with E-state index in [0.717, 1.165) is 17.0 Å². The SMILES string of the molecule is C=CCNC(=O)NC1COC2C(Nc3nccc(-c4ccc(OC)cc4)n3)COC12. The highest BCUT2D eigenvalue weighted by molar-refractivity contribution is 5.74. The second kappa shape index (κ2) is 9.10. The summed E-state index contributed by atoms with van der Waals surface area (Å²) in [6.07, 6.45) is 2.93. The molecule has 9 nitrogen and oxygen atoms in total. The van der Waals surface area contributed by atoms with Gasteiger partial charge in [-0.25, -0.2) is 14.8 Å². The number of rotatable bonds is 7. The van der Waals surface area contributed by atoms with Crippen LogP contribution in [0.3, 0.4) is 0 Å². The van der Waals surface area contributed by atoms with Gasteiger partial charge in [0.2, 0.25) is 5.95 Å². The van der Waals surface area contributed by atoms with E-state index in [1.807, 2.05) is 30.3 Å². The number of anilines is 1. The van der Waals surface area contributed by atoms with Crippen LogP contribution in [0.5, 0.6) is 5.75 Å². The van der Waals surface area contributed by atoms with E-state index in [2.05, 4.69) is 32.5 Å². The molecule has 0 saturated carbocycles. The van der Waals surface area contributed by atoms with Crippen molar-refractivity contribution in [2.45, 2.75) is 24.3 Å². The lowest BCUT2D eigenvalue weighted by Gasteiger charge is -2.18. The first-order valence-corrected chi connectivity index (χ1v) is 9.80. The number of urea groups is 1. The highest BCUT2D eigenvalue weighted by Gasteiger charge is 2.48. The van der Waals surface area contributed by atoms with Gasteiger partial charge in [0, 0.05) is 18.3 Å². The zero-order valence-electron chi connectivity index (χ0n) is 16.7. The molecule has 30 heavy (non-hydrogen) atoms. The number of ether oxygens (including phenoxy) is 3. The molecule has 2 fully saturated rings. The maximum absolute atomic E-state index is 11.9. The van der Waals surface area contributed by atoms with Crippen molar-refractivity contribution in [3.63, 3.8) is 0 Å². The van der Waals surface area contributed by atoms with Crippen LogP contribution < -0.4 is 20.7 Å². The lowest BCUT2D eigenvalue weighted by atomic mass is 10.1. The molecule has 1 aromatic carbocycles. The van der Waals surface area contributed by atoms with Crippen LogP contribution in [0.1, 0.15) is 0 Å². The Bertz CT molecular complexity index is 891. The van der Waals surface area contributed by atoms with Crippen LogP contribution in [0.2, 0.25) is 0 Å². The number of aromatic nitrogens is 2. The van der Waals surface area contributed by atoms with E-state index in [9.17, 15) is 4.79 Å². The average Bonchev–Trinajstić information content (AvgIpc) is 3.36. The summed E-state index contributed by atoms with van der Waals surface area (Å²) in [5, 5.41) is 8.90. The molecule has 2 aliphatic rings. The van der Waals surface area contributed by atoms with E-state index in [1.165, 1.54) is 0 Å². The van der Waals surface area contributed by atoms with Gasteiger partial charge in [0.15, 0.2) is 0 Å². The Morgan fingerprint density at radius 2 is 1.93 bits per heavy atom. The topological polar surface area (TPSA) is 107 Å². The minimum Gasteiger partial charge on any atom is -0.497 e. The monoisotopic (exact) mass is 411 g/mol. The molecule has 4 atom stereocenters. The third-order valence-electron chi connectivity index (χ3n) is 5.13. The molecular weight excluding hydrogens is 386 g/mol. The number of amides is 2. The standard InChI is InChI=1S/C21H25N5O4/c1-3-9-23-21(27)26-17-12-30-18-16(11-29-19(17)18)25-20-22-10-8-15(24-20)13-4-6-14(28-2)7-5-13/h3-8,10,16-19H,1,9,11-12H2,2H3,(H,22,24,25)(H2,23,26,27). The van der Waals surface area contributed by atoms with E-state index < -0.39 is 0 Å². The van der Waals surface area contributed by atoms with Gasteiger partial charge in [0.1, 0.15) is 18.0 Å². The summed E-state index contributed by atoms with van der Waals surface area (Å²) in [7, 11) is 1.64. The molecule has 9 heteroatoms. The van der Waals surface area contributed by atoms with Crippen LogP contribution in [0.25, 0.3) is 11.3 Å². The van der Waals surface area contributed by atoms with Crippen LogP contribution >= 0.6 is 0 Å². The third-order valence-corrected chi connectivity index (χ3v) is 5.13. The minimum absolute atomic E-state index is 0.107. The Morgan fingerprint density at radius 3 is 2.67 bits per heavy atom. The lowest BCUT2D eigenvalue weighted by Crippen LogP contribution is -2.48. The van der Waals surface area contributed by atoms with E-state index in [-0.39, 0.29) is 30.3 Å². The molecule has 4 unspecified atom stereocenters. The number of hydrogen-bond donors (Lipinski definition) is 3. The molecule has 2 saturated heterocycles. The van der Waals surface area contributed by atoms with Crippen LogP contribution in [-0.2, 0) is 9.47 Å². The summed E-state index contributed by atoms with van der Waals surface area (Å²) in [6.45, 7) is 4.82. The fourth-order valence-electron chi connectivity index (χ4n) is 3.65. The van der Waals surface area contributed by atoms with Crippen molar-refractivity contribution in [2.75, 3.05) is 32.2 Å². The Kier molecular flexibility index (Phi) is 6.10. The Balaban J connectivity index is 1.38. The normalized spacial score (nSPS) is 24.7. The maximum atomic E-state index is 11.9. The first-order chi connectivity index (χ1) is 14.7. The van der Waals surface area contributed by atoms with Gasteiger partial charge in [-0.2, -0.15) is 0 Å². The molecule has 4 rings (SSSR count). The van der Waals surface area contributed by atoms with Crippen molar-refractivity contribution in [1.29, 1.82) is 0 Å². The van der Waals surface area contributed by atoms with Crippen molar-refractivity contribution in [1.82, 2.24) is 20.6 Å². The molecule has 0 radical (unpaired) electrons. The Morgan fingerprint density at radius 1 is 1.20 bits per heavy atom. The predicted octanol–water partition coefficient (Wildman–Crippen LogP) is 1.58. The summed E-state index contributed by atoms with van der Waals surface area (Å²) in [4.78, 5) is 20.9. The number of carbonyl (C=O) groups is 1. The molecule has 2 aromatic rings. The average molecular weight is 411 g/mol. The highest BCUT2D eigenvalue weighted by atomic mass is 16.6. The third kappa shape index (κ3) is 4.37. The summed E-state index contributed by atoms with van der Waals surface area (Å²) < 4.78 is 17.0.